The van der Waals surface area contributed by atoms with Crippen LogP contribution in [-0.2, 0) is 6.42 Å². The van der Waals surface area contributed by atoms with Crippen molar-refractivity contribution in [3.8, 4) is 0 Å². The summed E-state index contributed by atoms with van der Waals surface area (Å²) in [4.78, 5) is 0. The molecule has 2 rings (SSSR count). The quantitative estimate of drug-likeness (QED) is 0.660. The Morgan fingerprint density at radius 2 is 1.70 bits per heavy atom. The molecule has 0 aromatic heterocycles. The van der Waals surface area contributed by atoms with Crippen LogP contribution in [0.3, 0.4) is 0 Å². The number of halogens is 4. The molecule has 106 valence electrons. The standard InChI is InChI=1S/C15H13Br2F2N/c1-9(6-10-2-4-11(16)5-3-10)20-15-8-13(18)12(17)7-14(15)19/h2-5,7-9,20H,6H2,1H3. The van der Waals surface area contributed by atoms with Crippen LogP contribution in [0.4, 0.5) is 14.5 Å². The molecule has 0 amide bonds. The van der Waals surface area contributed by atoms with E-state index in [1.54, 1.807) is 0 Å². The van der Waals surface area contributed by atoms with Gasteiger partial charge in [0.1, 0.15) is 11.6 Å². The molecule has 1 nitrogen and oxygen atoms in total. The number of hydrogen-bond acceptors (Lipinski definition) is 1. The first-order valence-corrected chi connectivity index (χ1v) is 7.70. The Bertz CT molecular complexity index is 600. The lowest BCUT2D eigenvalue weighted by Crippen LogP contribution is -2.19. The summed E-state index contributed by atoms with van der Waals surface area (Å²) in [5.74, 6) is -0.953. The van der Waals surface area contributed by atoms with Crippen molar-refractivity contribution in [3.05, 3.63) is 62.5 Å². The van der Waals surface area contributed by atoms with Gasteiger partial charge in [0.05, 0.1) is 10.2 Å². The van der Waals surface area contributed by atoms with Gasteiger partial charge in [-0.1, -0.05) is 28.1 Å². The van der Waals surface area contributed by atoms with Gasteiger partial charge in [0, 0.05) is 16.6 Å². The highest BCUT2D eigenvalue weighted by atomic mass is 79.9. The van der Waals surface area contributed by atoms with Gasteiger partial charge >= 0.3 is 0 Å². The van der Waals surface area contributed by atoms with Gasteiger partial charge < -0.3 is 5.32 Å². The molecule has 2 aromatic carbocycles. The molecule has 0 aliphatic rings. The van der Waals surface area contributed by atoms with E-state index in [0.29, 0.717) is 0 Å². The van der Waals surface area contributed by atoms with Crippen molar-refractivity contribution in [1.29, 1.82) is 0 Å². The topological polar surface area (TPSA) is 12.0 Å². The zero-order chi connectivity index (χ0) is 14.7. The van der Waals surface area contributed by atoms with E-state index in [1.165, 1.54) is 0 Å². The maximum absolute atomic E-state index is 13.7. The smallest absolute Gasteiger partial charge is 0.147 e. The molecule has 0 heterocycles. The summed E-state index contributed by atoms with van der Waals surface area (Å²) < 4.78 is 28.3. The molecule has 1 N–H and O–H groups in total. The number of nitrogens with one attached hydrogen (secondary N) is 1. The summed E-state index contributed by atoms with van der Waals surface area (Å²) in [5, 5.41) is 2.99. The molecule has 2 aromatic rings. The van der Waals surface area contributed by atoms with Gasteiger partial charge in [0.25, 0.3) is 0 Å². The summed E-state index contributed by atoms with van der Waals surface area (Å²) >= 11 is 6.34. The van der Waals surface area contributed by atoms with E-state index < -0.39 is 11.6 Å². The molecule has 5 heteroatoms. The molecule has 0 spiro atoms. The van der Waals surface area contributed by atoms with Crippen LogP contribution >= 0.6 is 31.9 Å². The van der Waals surface area contributed by atoms with Crippen molar-refractivity contribution < 1.29 is 8.78 Å². The van der Waals surface area contributed by atoms with Gasteiger partial charge in [-0.3, -0.25) is 0 Å². The summed E-state index contributed by atoms with van der Waals surface area (Å²) in [6, 6.07) is 10.2. The van der Waals surface area contributed by atoms with Gasteiger partial charge in [0.2, 0.25) is 0 Å². The van der Waals surface area contributed by atoms with E-state index in [1.807, 2.05) is 31.2 Å². The van der Waals surface area contributed by atoms with Crippen LogP contribution < -0.4 is 5.32 Å². The lowest BCUT2D eigenvalue weighted by molar-refractivity contribution is 0.594. The van der Waals surface area contributed by atoms with Crippen LogP contribution in [0.1, 0.15) is 12.5 Å². The Morgan fingerprint density at radius 3 is 2.35 bits per heavy atom. The normalized spacial score (nSPS) is 12.2. The molecule has 0 saturated heterocycles. The molecule has 20 heavy (non-hydrogen) atoms. The van der Waals surface area contributed by atoms with Crippen LogP contribution in [0, 0.1) is 11.6 Å². The second kappa shape index (κ2) is 6.68. The Labute approximate surface area is 133 Å². The largest absolute Gasteiger partial charge is 0.380 e. The van der Waals surface area contributed by atoms with Crippen molar-refractivity contribution in [1.82, 2.24) is 0 Å². The first-order valence-electron chi connectivity index (χ1n) is 6.11. The minimum absolute atomic E-state index is 0.00810. The highest BCUT2D eigenvalue weighted by molar-refractivity contribution is 9.10. The third-order valence-corrected chi connectivity index (χ3v) is 4.00. The molecule has 0 saturated carbocycles. The van der Waals surface area contributed by atoms with E-state index in [-0.39, 0.29) is 16.2 Å². The monoisotopic (exact) mass is 403 g/mol. The Kier molecular flexibility index (Phi) is 5.16. The lowest BCUT2D eigenvalue weighted by atomic mass is 10.1. The molecular weight excluding hydrogens is 392 g/mol. The van der Waals surface area contributed by atoms with Crippen LogP contribution in [0.2, 0.25) is 0 Å². The molecule has 1 unspecified atom stereocenters. The first-order chi connectivity index (χ1) is 9.45. The highest BCUT2D eigenvalue weighted by Crippen LogP contribution is 2.24. The number of benzene rings is 2. The summed E-state index contributed by atoms with van der Waals surface area (Å²) in [6.07, 6.45) is 0.727. The first kappa shape index (κ1) is 15.4. The van der Waals surface area contributed by atoms with E-state index >= 15 is 0 Å². The lowest BCUT2D eigenvalue weighted by Gasteiger charge is -2.16. The molecule has 0 aliphatic heterocycles. The molecule has 0 fully saturated rings. The average molecular weight is 405 g/mol. The zero-order valence-corrected chi connectivity index (χ0v) is 13.9. The van der Waals surface area contributed by atoms with Crippen molar-refractivity contribution in [2.45, 2.75) is 19.4 Å². The van der Waals surface area contributed by atoms with Gasteiger partial charge in [-0.25, -0.2) is 8.78 Å². The predicted octanol–water partition coefficient (Wildman–Crippen LogP) is 5.53. The second-order valence-corrected chi connectivity index (χ2v) is 6.39. The minimum atomic E-state index is -0.482. The van der Waals surface area contributed by atoms with Gasteiger partial charge in [-0.2, -0.15) is 0 Å². The maximum Gasteiger partial charge on any atom is 0.147 e. The molecule has 0 aliphatic carbocycles. The van der Waals surface area contributed by atoms with E-state index in [0.717, 1.165) is 28.6 Å². The Balaban J connectivity index is 2.06. The number of hydrogen-bond donors (Lipinski definition) is 1. The third kappa shape index (κ3) is 4.03. The fourth-order valence-corrected chi connectivity index (χ4v) is 2.50. The predicted molar refractivity (Wildman–Crippen MR) is 85.0 cm³/mol. The average Bonchev–Trinajstić information content (AvgIpc) is 2.39. The molecule has 1 atom stereocenters. The maximum atomic E-state index is 13.7. The van der Waals surface area contributed by atoms with Gasteiger partial charge in [-0.05, 0) is 53.0 Å². The molecular formula is C15H13Br2F2N. The molecule has 0 bridgehead atoms. The van der Waals surface area contributed by atoms with E-state index in [9.17, 15) is 8.78 Å². The zero-order valence-electron chi connectivity index (χ0n) is 10.8. The summed E-state index contributed by atoms with van der Waals surface area (Å²) in [7, 11) is 0. The fourth-order valence-electron chi connectivity index (χ4n) is 1.92. The SMILES string of the molecule is CC(Cc1ccc(Br)cc1)Nc1cc(F)c(Br)cc1F. The van der Waals surface area contributed by atoms with Gasteiger partial charge in [-0.15, -0.1) is 0 Å². The van der Waals surface area contributed by atoms with Gasteiger partial charge in [0.15, 0.2) is 0 Å². The van der Waals surface area contributed by atoms with Crippen LogP contribution in [0.15, 0.2) is 45.3 Å². The fraction of sp³-hybridized carbons (Fsp3) is 0.200. The van der Waals surface area contributed by atoms with Crippen molar-refractivity contribution >= 4 is 37.5 Å². The minimum Gasteiger partial charge on any atom is -0.380 e. The Hall–Kier alpha value is -0.940. The van der Waals surface area contributed by atoms with Crippen LogP contribution in [0.5, 0.6) is 0 Å². The van der Waals surface area contributed by atoms with Crippen molar-refractivity contribution in [2.75, 3.05) is 5.32 Å². The third-order valence-electron chi connectivity index (χ3n) is 2.87. The van der Waals surface area contributed by atoms with Crippen LogP contribution in [0.25, 0.3) is 0 Å². The van der Waals surface area contributed by atoms with E-state index in [4.69, 9.17) is 0 Å². The second-order valence-electron chi connectivity index (χ2n) is 4.62. The highest BCUT2D eigenvalue weighted by Gasteiger charge is 2.11. The van der Waals surface area contributed by atoms with Crippen molar-refractivity contribution in [2.24, 2.45) is 0 Å². The summed E-state index contributed by atoms with van der Waals surface area (Å²) in [6.45, 7) is 1.93. The van der Waals surface area contributed by atoms with Crippen molar-refractivity contribution in [3.63, 3.8) is 0 Å². The number of rotatable bonds is 4. The number of anilines is 1. The Morgan fingerprint density at radius 1 is 1.05 bits per heavy atom. The summed E-state index contributed by atoms with van der Waals surface area (Å²) in [5.41, 5.74) is 1.31. The molecule has 0 radical (unpaired) electrons. The van der Waals surface area contributed by atoms with E-state index in [2.05, 4.69) is 37.2 Å². The van der Waals surface area contributed by atoms with Crippen LogP contribution in [-0.4, -0.2) is 6.04 Å².